The van der Waals surface area contributed by atoms with E-state index in [9.17, 15) is 28.6 Å². The fourth-order valence-electron chi connectivity index (χ4n) is 3.35. The topological polar surface area (TPSA) is 90.7 Å². The maximum absolute atomic E-state index is 13.6. The molecule has 3 aromatic rings. The lowest BCUT2D eigenvalue weighted by Gasteiger charge is -2.25. The summed E-state index contributed by atoms with van der Waals surface area (Å²) in [5.74, 6) is -4.56. The average molecular weight is 430 g/mol. The second-order valence-electron chi connectivity index (χ2n) is 7.18. The zero-order chi connectivity index (χ0) is 21.7. The van der Waals surface area contributed by atoms with Gasteiger partial charge in [-0.3, -0.25) is 14.5 Å². The van der Waals surface area contributed by atoms with Crippen molar-refractivity contribution >= 4 is 38.4 Å². The predicted molar refractivity (Wildman–Crippen MR) is 107 cm³/mol. The van der Waals surface area contributed by atoms with Crippen LogP contribution >= 0.6 is 11.3 Å². The van der Waals surface area contributed by atoms with Crippen molar-refractivity contribution < 1.29 is 28.6 Å². The molecule has 6 nitrogen and oxygen atoms in total. The molecule has 0 fully saturated rings. The fourth-order valence-corrected chi connectivity index (χ4v) is 4.35. The molecule has 9 heteroatoms. The summed E-state index contributed by atoms with van der Waals surface area (Å²) in [6, 6.07) is 6.76. The normalized spacial score (nSPS) is 16.9. The number of benzene rings is 2. The number of carbonyl (C=O) groups is 2. The summed E-state index contributed by atoms with van der Waals surface area (Å²) in [6.07, 6.45) is 0. The molecule has 1 amide bonds. The molecule has 2 N–H and O–H groups in total. The van der Waals surface area contributed by atoms with Gasteiger partial charge in [-0.25, -0.2) is 13.8 Å². The highest BCUT2D eigenvalue weighted by atomic mass is 32.1. The molecule has 1 aliphatic heterocycles. The molecule has 0 aliphatic carbocycles. The second kappa shape index (κ2) is 7.17. The van der Waals surface area contributed by atoms with E-state index in [-0.39, 0.29) is 22.0 Å². The van der Waals surface area contributed by atoms with Gasteiger partial charge in [-0.1, -0.05) is 37.3 Å². The third kappa shape index (κ3) is 3.11. The van der Waals surface area contributed by atoms with Crippen LogP contribution in [-0.2, 0) is 9.59 Å². The first kappa shape index (κ1) is 20.0. The van der Waals surface area contributed by atoms with E-state index < -0.39 is 41.0 Å². The maximum atomic E-state index is 13.6. The van der Waals surface area contributed by atoms with Crippen LogP contribution in [0.25, 0.3) is 10.2 Å². The van der Waals surface area contributed by atoms with E-state index in [1.54, 1.807) is 13.8 Å². The van der Waals surface area contributed by atoms with Crippen molar-refractivity contribution in [3.8, 4) is 5.75 Å². The van der Waals surface area contributed by atoms with E-state index in [0.717, 1.165) is 28.4 Å². The van der Waals surface area contributed by atoms with Gasteiger partial charge in [0, 0.05) is 12.0 Å². The number of carbonyl (C=O) groups excluding carboxylic acids is 2. The monoisotopic (exact) mass is 430 g/mol. The number of aromatic hydroxyl groups is 1. The minimum Gasteiger partial charge on any atom is -0.508 e. The van der Waals surface area contributed by atoms with Crippen molar-refractivity contribution in [3.05, 3.63) is 64.9 Å². The van der Waals surface area contributed by atoms with Crippen LogP contribution in [0.4, 0.5) is 13.9 Å². The lowest BCUT2D eigenvalue weighted by atomic mass is 9.91. The number of amides is 1. The van der Waals surface area contributed by atoms with Crippen LogP contribution in [0.2, 0.25) is 0 Å². The van der Waals surface area contributed by atoms with E-state index in [2.05, 4.69) is 4.98 Å². The van der Waals surface area contributed by atoms with Gasteiger partial charge in [-0.15, -0.1) is 0 Å². The lowest BCUT2D eigenvalue weighted by Crippen LogP contribution is -2.31. The zero-order valence-electron chi connectivity index (χ0n) is 15.9. The number of ketones is 1. The number of phenolic OH excluding ortho intramolecular Hbond substituents is 1. The second-order valence-corrected chi connectivity index (χ2v) is 8.19. The molecule has 1 aromatic heterocycles. The standard InChI is InChI=1S/C21H16F2N2O4S/c1-9(2)18(27)16-17(10-3-5-11(26)6-4-10)25(20(29)19(16)28)21-24-14-7-12(22)13(23)8-15(14)30-21/h3-9,17,26,28H,1-2H3. The number of aliphatic hydroxyl groups excluding tert-OH is 1. The summed E-state index contributed by atoms with van der Waals surface area (Å²) in [6.45, 7) is 3.29. The van der Waals surface area contributed by atoms with Crippen molar-refractivity contribution in [2.45, 2.75) is 19.9 Å². The molecule has 1 atom stereocenters. The first-order valence-electron chi connectivity index (χ1n) is 9.04. The summed E-state index contributed by atoms with van der Waals surface area (Å²) in [4.78, 5) is 31.1. The molecule has 2 aromatic carbocycles. The highest BCUT2D eigenvalue weighted by Crippen LogP contribution is 2.44. The molecule has 154 valence electrons. The molecule has 1 unspecified atom stereocenters. The van der Waals surface area contributed by atoms with Crippen molar-refractivity contribution in [1.82, 2.24) is 4.98 Å². The molecule has 0 saturated heterocycles. The summed E-state index contributed by atoms with van der Waals surface area (Å²) < 4.78 is 27.5. The number of anilines is 1. The zero-order valence-corrected chi connectivity index (χ0v) is 16.7. The van der Waals surface area contributed by atoms with Crippen LogP contribution in [0.15, 0.2) is 47.7 Å². The average Bonchev–Trinajstić information content (AvgIpc) is 3.20. The first-order chi connectivity index (χ1) is 14.2. The number of aliphatic hydroxyl groups is 1. The summed E-state index contributed by atoms with van der Waals surface area (Å²) in [5, 5.41) is 20.2. The largest absolute Gasteiger partial charge is 0.508 e. The third-order valence-corrected chi connectivity index (χ3v) is 5.85. The number of Topliss-reactive ketones (excluding diaryl/α,β-unsaturated/α-hetero) is 1. The molecule has 30 heavy (non-hydrogen) atoms. The molecule has 2 heterocycles. The van der Waals surface area contributed by atoms with Gasteiger partial charge in [0.05, 0.1) is 21.8 Å². The number of fused-ring (bicyclic) bond motifs is 1. The van der Waals surface area contributed by atoms with Crippen LogP contribution in [0.1, 0.15) is 25.5 Å². The van der Waals surface area contributed by atoms with Crippen LogP contribution < -0.4 is 4.90 Å². The summed E-state index contributed by atoms with van der Waals surface area (Å²) in [5.41, 5.74) is 0.525. The smallest absolute Gasteiger partial charge is 0.296 e. The highest BCUT2D eigenvalue weighted by molar-refractivity contribution is 7.22. The quantitative estimate of drug-likeness (QED) is 0.640. The Hall–Kier alpha value is -3.33. The van der Waals surface area contributed by atoms with Crippen LogP contribution in [0, 0.1) is 17.6 Å². The van der Waals surface area contributed by atoms with Crippen LogP contribution in [-0.4, -0.2) is 26.9 Å². The Morgan fingerprint density at radius 3 is 2.40 bits per heavy atom. The van der Waals surface area contributed by atoms with Gasteiger partial charge in [-0.05, 0) is 23.8 Å². The number of phenols is 1. The van der Waals surface area contributed by atoms with Crippen LogP contribution in [0.5, 0.6) is 5.75 Å². The minimum atomic E-state index is -1.07. The van der Waals surface area contributed by atoms with Gasteiger partial charge in [0.1, 0.15) is 5.75 Å². The van der Waals surface area contributed by atoms with Gasteiger partial charge in [0.15, 0.2) is 28.3 Å². The molecule has 0 spiro atoms. The minimum absolute atomic E-state index is 0.00880. The number of halogens is 2. The fraction of sp³-hybridized carbons (Fsp3) is 0.190. The molecule has 0 saturated carbocycles. The van der Waals surface area contributed by atoms with Gasteiger partial charge < -0.3 is 10.2 Å². The van der Waals surface area contributed by atoms with Gasteiger partial charge in [0.2, 0.25) is 0 Å². The molecular weight excluding hydrogens is 414 g/mol. The van der Waals surface area contributed by atoms with Crippen molar-refractivity contribution in [1.29, 1.82) is 0 Å². The third-order valence-electron chi connectivity index (χ3n) is 4.83. The Kier molecular flexibility index (Phi) is 4.77. The lowest BCUT2D eigenvalue weighted by molar-refractivity contribution is -0.119. The Morgan fingerprint density at radius 2 is 1.77 bits per heavy atom. The van der Waals surface area contributed by atoms with E-state index >= 15 is 0 Å². The number of nitrogens with zero attached hydrogens (tertiary/aromatic N) is 2. The molecule has 0 bridgehead atoms. The number of rotatable bonds is 4. The Balaban J connectivity index is 1.90. The number of hydrogen-bond donors (Lipinski definition) is 2. The Labute approximate surface area is 173 Å². The molecule has 4 rings (SSSR count). The van der Waals surface area contributed by atoms with Crippen molar-refractivity contribution in [3.63, 3.8) is 0 Å². The Morgan fingerprint density at radius 1 is 1.13 bits per heavy atom. The van der Waals surface area contributed by atoms with Gasteiger partial charge in [0.25, 0.3) is 5.91 Å². The molecule has 1 aliphatic rings. The maximum Gasteiger partial charge on any atom is 0.296 e. The van der Waals surface area contributed by atoms with Crippen molar-refractivity contribution in [2.75, 3.05) is 4.90 Å². The predicted octanol–water partition coefficient (Wildman–Crippen LogP) is 4.41. The molecule has 0 radical (unpaired) electrons. The SMILES string of the molecule is CC(C)C(=O)C1=C(O)C(=O)N(c2nc3cc(F)c(F)cc3s2)C1c1ccc(O)cc1. The van der Waals surface area contributed by atoms with Gasteiger partial charge in [-0.2, -0.15) is 0 Å². The van der Waals surface area contributed by atoms with E-state index in [4.69, 9.17) is 0 Å². The van der Waals surface area contributed by atoms with E-state index in [0.29, 0.717) is 10.3 Å². The number of aromatic nitrogens is 1. The van der Waals surface area contributed by atoms with Crippen LogP contribution in [0.3, 0.4) is 0 Å². The first-order valence-corrected chi connectivity index (χ1v) is 9.86. The highest BCUT2D eigenvalue weighted by Gasteiger charge is 2.46. The summed E-state index contributed by atoms with van der Waals surface area (Å²) >= 11 is 0.936. The summed E-state index contributed by atoms with van der Waals surface area (Å²) in [7, 11) is 0. The van der Waals surface area contributed by atoms with E-state index in [1.807, 2.05) is 0 Å². The van der Waals surface area contributed by atoms with Gasteiger partial charge >= 0.3 is 0 Å². The number of thiazole rings is 1. The Bertz CT molecular complexity index is 1180. The van der Waals surface area contributed by atoms with E-state index in [1.165, 1.54) is 24.3 Å². The number of hydrogen-bond acceptors (Lipinski definition) is 6. The molecular formula is C21H16F2N2O4S. The van der Waals surface area contributed by atoms with Crippen molar-refractivity contribution in [2.24, 2.45) is 5.92 Å².